The van der Waals surface area contributed by atoms with Crippen molar-refractivity contribution in [3.05, 3.63) is 24.3 Å². The second kappa shape index (κ2) is 5.86. The van der Waals surface area contributed by atoms with Gasteiger partial charge in [0.15, 0.2) is 0 Å². The quantitative estimate of drug-likeness (QED) is 0.690. The van der Waals surface area contributed by atoms with Gasteiger partial charge in [-0.05, 0) is 12.1 Å². The van der Waals surface area contributed by atoms with Gasteiger partial charge in [-0.15, -0.1) is 0 Å². The molecular formula is C11H14N2O4. The summed E-state index contributed by atoms with van der Waals surface area (Å²) in [4.78, 5) is 21.9. The number of amides is 1. The summed E-state index contributed by atoms with van der Waals surface area (Å²) in [5.41, 5.74) is 5.78. The Kier molecular flexibility index (Phi) is 4.47. The Bertz CT molecular complexity index is 420. The van der Waals surface area contributed by atoms with Crippen LogP contribution in [-0.2, 0) is 9.59 Å². The average molecular weight is 238 g/mol. The van der Waals surface area contributed by atoms with Crippen molar-refractivity contribution in [2.45, 2.75) is 12.5 Å². The summed E-state index contributed by atoms with van der Waals surface area (Å²) in [5, 5.41) is 11.1. The Hall–Kier alpha value is -2.08. The van der Waals surface area contributed by atoms with Gasteiger partial charge in [0.25, 0.3) is 0 Å². The van der Waals surface area contributed by atoms with Crippen molar-refractivity contribution in [2.75, 3.05) is 12.4 Å². The van der Waals surface area contributed by atoms with Gasteiger partial charge in [-0.2, -0.15) is 0 Å². The number of hydrogen-bond donors (Lipinski definition) is 3. The average Bonchev–Trinajstić information content (AvgIpc) is 2.28. The first-order valence-electron chi connectivity index (χ1n) is 4.95. The Balaban J connectivity index is 2.58. The minimum absolute atomic E-state index is 0.271. The lowest BCUT2D eigenvalue weighted by molar-refractivity contribution is -0.140. The van der Waals surface area contributed by atoms with Crippen LogP contribution in [0.1, 0.15) is 6.42 Å². The third-order valence-corrected chi connectivity index (χ3v) is 2.08. The number of carbonyl (C=O) groups is 2. The lowest BCUT2D eigenvalue weighted by Crippen LogP contribution is -2.34. The van der Waals surface area contributed by atoms with Gasteiger partial charge in [0.2, 0.25) is 5.91 Å². The van der Waals surface area contributed by atoms with E-state index in [0.29, 0.717) is 11.4 Å². The van der Waals surface area contributed by atoms with E-state index in [4.69, 9.17) is 15.6 Å². The lowest BCUT2D eigenvalue weighted by atomic mass is 10.2. The summed E-state index contributed by atoms with van der Waals surface area (Å²) in [6, 6.07) is 5.56. The number of ether oxygens (including phenoxy) is 1. The van der Waals surface area contributed by atoms with Crippen molar-refractivity contribution < 1.29 is 19.4 Å². The number of carbonyl (C=O) groups excluding carboxylic acids is 1. The summed E-state index contributed by atoms with van der Waals surface area (Å²) < 4.78 is 4.99. The van der Waals surface area contributed by atoms with Crippen molar-refractivity contribution in [1.82, 2.24) is 0 Å². The molecular weight excluding hydrogens is 224 g/mol. The molecule has 1 aromatic rings. The fourth-order valence-electron chi connectivity index (χ4n) is 1.20. The van der Waals surface area contributed by atoms with Crippen LogP contribution in [0, 0.1) is 0 Å². The second-order valence-electron chi connectivity index (χ2n) is 3.43. The molecule has 17 heavy (non-hydrogen) atoms. The number of nitrogens with one attached hydrogen (secondary N) is 1. The molecule has 0 saturated carbocycles. The fraction of sp³-hybridized carbons (Fsp3) is 0.273. The highest BCUT2D eigenvalue weighted by Gasteiger charge is 2.16. The molecule has 0 bridgehead atoms. The molecule has 0 aliphatic carbocycles. The maximum atomic E-state index is 11.4. The Labute approximate surface area is 98.4 Å². The van der Waals surface area contributed by atoms with E-state index in [-0.39, 0.29) is 6.42 Å². The van der Waals surface area contributed by atoms with E-state index in [9.17, 15) is 9.59 Å². The number of hydrogen-bond acceptors (Lipinski definition) is 4. The van der Waals surface area contributed by atoms with Gasteiger partial charge in [0, 0.05) is 11.8 Å². The van der Waals surface area contributed by atoms with Crippen molar-refractivity contribution in [2.24, 2.45) is 5.73 Å². The number of benzene rings is 1. The van der Waals surface area contributed by atoms with E-state index in [0.717, 1.165) is 0 Å². The molecule has 0 aliphatic heterocycles. The third-order valence-electron chi connectivity index (χ3n) is 2.08. The molecule has 0 saturated heterocycles. The van der Waals surface area contributed by atoms with E-state index in [1.807, 2.05) is 0 Å². The SMILES string of the molecule is COc1cccc(NC(=O)CC(N)C(=O)O)c1. The van der Waals surface area contributed by atoms with Gasteiger partial charge >= 0.3 is 5.97 Å². The van der Waals surface area contributed by atoms with Gasteiger partial charge in [-0.25, -0.2) is 0 Å². The van der Waals surface area contributed by atoms with Gasteiger partial charge in [-0.1, -0.05) is 6.07 Å². The number of nitrogens with two attached hydrogens (primary N) is 1. The first-order chi connectivity index (χ1) is 8.02. The maximum Gasteiger partial charge on any atom is 0.321 e. The molecule has 1 amide bonds. The zero-order chi connectivity index (χ0) is 12.8. The standard InChI is InChI=1S/C11H14N2O4/c1-17-8-4-2-3-7(5-8)13-10(14)6-9(12)11(15)16/h2-5,9H,6,12H2,1H3,(H,13,14)(H,15,16). The van der Waals surface area contributed by atoms with Gasteiger partial charge in [-0.3, -0.25) is 9.59 Å². The first kappa shape index (κ1) is 13.0. The van der Waals surface area contributed by atoms with Crippen LogP contribution in [-0.4, -0.2) is 30.1 Å². The predicted molar refractivity (Wildman–Crippen MR) is 61.9 cm³/mol. The van der Waals surface area contributed by atoms with E-state index in [1.54, 1.807) is 24.3 Å². The molecule has 92 valence electrons. The number of rotatable bonds is 5. The summed E-state index contributed by atoms with van der Waals surface area (Å²) in [7, 11) is 1.52. The summed E-state index contributed by atoms with van der Waals surface area (Å²) in [5.74, 6) is -1.05. The molecule has 6 nitrogen and oxygen atoms in total. The molecule has 6 heteroatoms. The van der Waals surface area contributed by atoms with Crippen LogP contribution < -0.4 is 15.8 Å². The van der Waals surface area contributed by atoms with E-state index >= 15 is 0 Å². The topological polar surface area (TPSA) is 102 Å². The highest BCUT2D eigenvalue weighted by molar-refractivity contribution is 5.94. The molecule has 0 aliphatic rings. The van der Waals surface area contributed by atoms with Crippen LogP contribution in [0.2, 0.25) is 0 Å². The van der Waals surface area contributed by atoms with Gasteiger partial charge in [0.1, 0.15) is 11.8 Å². The van der Waals surface area contributed by atoms with Crippen LogP contribution in [0.4, 0.5) is 5.69 Å². The minimum Gasteiger partial charge on any atom is -0.497 e. The predicted octanol–water partition coefficient (Wildman–Crippen LogP) is 0.436. The zero-order valence-corrected chi connectivity index (χ0v) is 9.34. The molecule has 1 rings (SSSR count). The number of aliphatic carboxylic acids is 1. The number of anilines is 1. The van der Waals surface area contributed by atoms with Gasteiger partial charge in [0.05, 0.1) is 13.5 Å². The zero-order valence-electron chi connectivity index (χ0n) is 9.34. The highest BCUT2D eigenvalue weighted by Crippen LogP contribution is 2.16. The summed E-state index contributed by atoms with van der Waals surface area (Å²) >= 11 is 0. The highest BCUT2D eigenvalue weighted by atomic mass is 16.5. The molecule has 0 radical (unpaired) electrons. The van der Waals surface area contributed by atoms with Crippen LogP contribution in [0.15, 0.2) is 24.3 Å². The molecule has 0 aromatic heterocycles. The van der Waals surface area contributed by atoms with Crippen molar-refractivity contribution in [3.8, 4) is 5.75 Å². The van der Waals surface area contributed by atoms with E-state index in [1.165, 1.54) is 7.11 Å². The van der Waals surface area contributed by atoms with Crippen LogP contribution in [0.5, 0.6) is 5.75 Å². The van der Waals surface area contributed by atoms with Crippen LogP contribution in [0.3, 0.4) is 0 Å². The number of carboxylic acid groups (broad SMARTS) is 1. The fourth-order valence-corrected chi connectivity index (χ4v) is 1.20. The third kappa shape index (κ3) is 4.12. The second-order valence-corrected chi connectivity index (χ2v) is 3.43. The monoisotopic (exact) mass is 238 g/mol. The Morgan fingerprint density at radius 3 is 2.82 bits per heavy atom. The molecule has 1 aromatic carbocycles. The van der Waals surface area contributed by atoms with Crippen molar-refractivity contribution in [3.63, 3.8) is 0 Å². The van der Waals surface area contributed by atoms with Crippen LogP contribution in [0.25, 0.3) is 0 Å². The lowest BCUT2D eigenvalue weighted by Gasteiger charge is -2.08. The van der Waals surface area contributed by atoms with Gasteiger partial charge < -0.3 is 20.9 Å². The van der Waals surface area contributed by atoms with Crippen LogP contribution >= 0.6 is 0 Å². The molecule has 1 unspecified atom stereocenters. The molecule has 0 spiro atoms. The smallest absolute Gasteiger partial charge is 0.321 e. The van der Waals surface area contributed by atoms with Crippen molar-refractivity contribution in [1.29, 1.82) is 0 Å². The minimum atomic E-state index is -1.20. The Morgan fingerprint density at radius 2 is 2.24 bits per heavy atom. The summed E-state index contributed by atoms with van der Waals surface area (Å²) in [6.45, 7) is 0. The first-order valence-corrected chi connectivity index (χ1v) is 4.95. The number of carboxylic acids is 1. The van der Waals surface area contributed by atoms with E-state index in [2.05, 4.69) is 5.32 Å². The molecule has 0 fully saturated rings. The summed E-state index contributed by atoms with van der Waals surface area (Å²) in [6.07, 6.45) is -0.271. The maximum absolute atomic E-state index is 11.4. The van der Waals surface area contributed by atoms with E-state index < -0.39 is 17.9 Å². The number of methoxy groups -OCH3 is 1. The largest absolute Gasteiger partial charge is 0.497 e. The Morgan fingerprint density at radius 1 is 1.53 bits per heavy atom. The molecule has 1 atom stereocenters. The molecule has 0 heterocycles. The normalized spacial score (nSPS) is 11.6. The van der Waals surface area contributed by atoms with Crippen molar-refractivity contribution >= 4 is 17.6 Å². The molecule has 4 N–H and O–H groups in total.